The van der Waals surface area contributed by atoms with Gasteiger partial charge in [-0.25, -0.2) is 8.42 Å². The van der Waals surface area contributed by atoms with Crippen LogP contribution in [0.4, 0.5) is 5.69 Å². The highest BCUT2D eigenvalue weighted by atomic mass is 32.2. The zero-order valence-corrected chi connectivity index (χ0v) is 20.0. The van der Waals surface area contributed by atoms with Gasteiger partial charge in [-0.05, 0) is 67.9 Å². The SMILES string of the molecule is Cc1ccc(N(CC(C)C)S(=O)(=O)c2cccc(COCC3CCOCC3)c2)c(C)c1. The van der Waals surface area contributed by atoms with Crippen molar-refractivity contribution in [1.29, 1.82) is 0 Å². The first-order valence-electron chi connectivity index (χ1n) is 11.1. The van der Waals surface area contributed by atoms with Gasteiger partial charge in [-0.3, -0.25) is 4.31 Å². The molecule has 3 rings (SSSR count). The molecule has 0 N–H and O–H groups in total. The second kappa shape index (κ2) is 10.6. The third kappa shape index (κ3) is 6.31. The Morgan fingerprint density at radius 3 is 2.52 bits per heavy atom. The van der Waals surface area contributed by atoms with Crippen molar-refractivity contribution >= 4 is 15.7 Å². The number of hydrogen-bond acceptors (Lipinski definition) is 4. The summed E-state index contributed by atoms with van der Waals surface area (Å²) in [7, 11) is -3.69. The number of aryl methyl sites for hydroxylation is 2. The van der Waals surface area contributed by atoms with Gasteiger partial charge in [0.25, 0.3) is 10.0 Å². The van der Waals surface area contributed by atoms with E-state index in [1.54, 1.807) is 22.5 Å². The molecule has 2 aromatic carbocycles. The lowest BCUT2D eigenvalue weighted by atomic mass is 10.0. The van der Waals surface area contributed by atoms with E-state index in [0.717, 1.165) is 48.4 Å². The Morgan fingerprint density at radius 2 is 1.84 bits per heavy atom. The maximum atomic E-state index is 13.7. The highest BCUT2D eigenvalue weighted by molar-refractivity contribution is 7.92. The van der Waals surface area contributed by atoms with Crippen LogP contribution in [0.5, 0.6) is 0 Å². The van der Waals surface area contributed by atoms with Crippen molar-refractivity contribution in [1.82, 2.24) is 0 Å². The van der Waals surface area contributed by atoms with Crippen LogP contribution in [0.3, 0.4) is 0 Å². The summed E-state index contributed by atoms with van der Waals surface area (Å²) in [5.74, 6) is 0.716. The van der Waals surface area contributed by atoms with Crippen LogP contribution in [0, 0.1) is 25.7 Å². The van der Waals surface area contributed by atoms with Crippen LogP contribution in [0.2, 0.25) is 0 Å². The predicted octanol–water partition coefficient (Wildman–Crippen LogP) is 5.10. The lowest BCUT2D eigenvalue weighted by Gasteiger charge is -2.28. The van der Waals surface area contributed by atoms with E-state index < -0.39 is 10.0 Å². The van der Waals surface area contributed by atoms with Crippen LogP contribution in [0.25, 0.3) is 0 Å². The molecule has 0 bridgehead atoms. The Bertz CT molecular complexity index is 965. The highest BCUT2D eigenvalue weighted by Crippen LogP contribution is 2.29. The van der Waals surface area contributed by atoms with E-state index in [0.29, 0.717) is 30.6 Å². The smallest absolute Gasteiger partial charge is 0.264 e. The Hall–Kier alpha value is -1.89. The van der Waals surface area contributed by atoms with Gasteiger partial charge in [-0.15, -0.1) is 0 Å². The lowest BCUT2D eigenvalue weighted by Crippen LogP contribution is -2.35. The lowest BCUT2D eigenvalue weighted by molar-refractivity contribution is 0.0157. The molecule has 6 heteroatoms. The van der Waals surface area contributed by atoms with Gasteiger partial charge in [0.15, 0.2) is 0 Å². The zero-order valence-electron chi connectivity index (χ0n) is 19.1. The molecule has 0 radical (unpaired) electrons. The minimum atomic E-state index is -3.69. The van der Waals surface area contributed by atoms with Gasteiger partial charge in [0, 0.05) is 19.8 Å². The summed E-state index contributed by atoms with van der Waals surface area (Å²) < 4.78 is 40.1. The van der Waals surface area contributed by atoms with Gasteiger partial charge in [0.2, 0.25) is 0 Å². The van der Waals surface area contributed by atoms with E-state index in [1.165, 1.54) is 0 Å². The molecule has 0 saturated carbocycles. The monoisotopic (exact) mass is 445 g/mol. The average Bonchev–Trinajstić information content (AvgIpc) is 2.73. The average molecular weight is 446 g/mol. The van der Waals surface area contributed by atoms with Crippen molar-refractivity contribution < 1.29 is 17.9 Å². The number of nitrogens with zero attached hydrogens (tertiary/aromatic N) is 1. The van der Waals surface area contributed by atoms with Crippen molar-refractivity contribution in [3.63, 3.8) is 0 Å². The fraction of sp³-hybridized carbons (Fsp3) is 0.520. The molecular formula is C25H35NO4S. The minimum absolute atomic E-state index is 0.196. The van der Waals surface area contributed by atoms with E-state index in [9.17, 15) is 8.42 Å². The van der Waals surface area contributed by atoms with Crippen LogP contribution < -0.4 is 4.31 Å². The normalized spacial score (nSPS) is 15.4. The molecule has 0 aliphatic carbocycles. The Labute approximate surface area is 187 Å². The summed E-state index contributed by atoms with van der Waals surface area (Å²) in [6.45, 7) is 11.2. The predicted molar refractivity (Wildman–Crippen MR) is 125 cm³/mol. The number of anilines is 1. The number of benzene rings is 2. The van der Waals surface area contributed by atoms with Crippen LogP contribution >= 0.6 is 0 Å². The molecule has 0 atom stereocenters. The molecule has 170 valence electrons. The molecule has 1 fully saturated rings. The number of hydrogen-bond donors (Lipinski definition) is 0. The van der Waals surface area contributed by atoms with E-state index in [4.69, 9.17) is 9.47 Å². The Balaban J connectivity index is 1.80. The third-order valence-electron chi connectivity index (χ3n) is 5.60. The topological polar surface area (TPSA) is 55.8 Å². The summed E-state index contributed by atoms with van der Waals surface area (Å²) in [5.41, 5.74) is 3.69. The molecule has 5 nitrogen and oxygen atoms in total. The highest BCUT2D eigenvalue weighted by Gasteiger charge is 2.27. The summed E-state index contributed by atoms with van der Waals surface area (Å²) >= 11 is 0. The fourth-order valence-corrected chi connectivity index (χ4v) is 5.69. The fourth-order valence-electron chi connectivity index (χ4n) is 3.92. The van der Waals surface area contributed by atoms with Gasteiger partial charge >= 0.3 is 0 Å². The zero-order chi connectivity index (χ0) is 22.4. The van der Waals surface area contributed by atoms with Crippen molar-refractivity contribution in [2.24, 2.45) is 11.8 Å². The molecule has 0 amide bonds. The second-order valence-electron chi connectivity index (χ2n) is 8.94. The largest absolute Gasteiger partial charge is 0.381 e. The van der Waals surface area contributed by atoms with Gasteiger partial charge < -0.3 is 9.47 Å². The molecule has 1 saturated heterocycles. The van der Waals surface area contributed by atoms with Crippen molar-refractivity contribution in [2.75, 3.05) is 30.7 Å². The van der Waals surface area contributed by atoms with Crippen molar-refractivity contribution in [2.45, 2.75) is 52.0 Å². The molecular weight excluding hydrogens is 410 g/mol. The first kappa shape index (κ1) is 23.8. The van der Waals surface area contributed by atoms with Gasteiger partial charge in [0.1, 0.15) is 0 Å². The van der Waals surface area contributed by atoms with Crippen LogP contribution in [0.1, 0.15) is 43.4 Å². The minimum Gasteiger partial charge on any atom is -0.381 e. The van der Waals surface area contributed by atoms with Crippen molar-refractivity contribution in [3.8, 4) is 0 Å². The molecule has 1 heterocycles. The number of rotatable bonds is 9. The quantitative estimate of drug-likeness (QED) is 0.539. The van der Waals surface area contributed by atoms with Crippen molar-refractivity contribution in [3.05, 3.63) is 59.2 Å². The number of ether oxygens (including phenoxy) is 2. The molecule has 31 heavy (non-hydrogen) atoms. The first-order chi connectivity index (χ1) is 14.8. The van der Waals surface area contributed by atoms with Gasteiger partial charge in [0.05, 0.1) is 23.8 Å². The van der Waals surface area contributed by atoms with Gasteiger partial charge in [-0.1, -0.05) is 43.7 Å². The molecule has 2 aromatic rings. The standard InChI is InChI=1S/C25H35NO4S/c1-19(2)16-26(25-9-8-20(3)14-21(25)4)31(27,28)24-7-5-6-23(15-24)18-30-17-22-10-12-29-13-11-22/h5-9,14-15,19,22H,10-13,16-18H2,1-4H3. The number of sulfonamides is 1. The van der Waals surface area contributed by atoms with E-state index in [-0.39, 0.29) is 5.92 Å². The third-order valence-corrected chi connectivity index (χ3v) is 7.38. The molecule has 1 aliphatic rings. The van der Waals surface area contributed by atoms with Crippen LogP contribution in [-0.2, 0) is 26.1 Å². The summed E-state index contributed by atoms with van der Waals surface area (Å²) in [4.78, 5) is 0.306. The Kier molecular flexibility index (Phi) is 8.14. The van der Waals surface area contributed by atoms with E-state index >= 15 is 0 Å². The summed E-state index contributed by atoms with van der Waals surface area (Å²) in [6.07, 6.45) is 2.04. The Morgan fingerprint density at radius 1 is 1.10 bits per heavy atom. The molecule has 0 aromatic heterocycles. The molecule has 0 unspecified atom stereocenters. The summed E-state index contributed by atoms with van der Waals surface area (Å²) in [6, 6.07) is 13.0. The maximum Gasteiger partial charge on any atom is 0.264 e. The molecule has 0 spiro atoms. The summed E-state index contributed by atoms with van der Waals surface area (Å²) in [5, 5.41) is 0. The van der Waals surface area contributed by atoms with E-state index in [1.807, 2.05) is 52.0 Å². The maximum absolute atomic E-state index is 13.7. The second-order valence-corrected chi connectivity index (χ2v) is 10.8. The van der Waals surface area contributed by atoms with E-state index in [2.05, 4.69) is 0 Å². The van der Waals surface area contributed by atoms with Crippen LogP contribution in [-0.4, -0.2) is 34.8 Å². The first-order valence-corrected chi connectivity index (χ1v) is 12.6. The van der Waals surface area contributed by atoms with Gasteiger partial charge in [-0.2, -0.15) is 0 Å². The molecule has 1 aliphatic heterocycles. The van der Waals surface area contributed by atoms with Crippen LogP contribution in [0.15, 0.2) is 47.4 Å².